The van der Waals surface area contributed by atoms with Crippen LogP contribution in [0.5, 0.6) is 11.5 Å². The van der Waals surface area contributed by atoms with E-state index in [4.69, 9.17) is 21.1 Å². The summed E-state index contributed by atoms with van der Waals surface area (Å²) < 4.78 is 24.8. The lowest BCUT2D eigenvalue weighted by Crippen LogP contribution is -2.26. The fourth-order valence-corrected chi connectivity index (χ4v) is 6.85. The van der Waals surface area contributed by atoms with Crippen LogP contribution in [0.4, 0.5) is 4.39 Å². The van der Waals surface area contributed by atoms with E-state index in [-0.39, 0.29) is 30.0 Å². The van der Waals surface area contributed by atoms with Crippen LogP contribution in [-0.4, -0.2) is 42.1 Å². The Labute approximate surface area is 245 Å². The molecule has 1 aliphatic carbocycles. The minimum Gasteiger partial charge on any atom is -0.494 e. The minimum atomic E-state index is -0.358. The molecule has 4 aromatic rings. The Morgan fingerprint density at radius 1 is 1.02 bits per heavy atom. The van der Waals surface area contributed by atoms with E-state index in [0.717, 1.165) is 35.6 Å². The van der Waals surface area contributed by atoms with E-state index in [1.807, 2.05) is 18.2 Å². The number of fused-ring (bicyclic) bond motifs is 3. The third-order valence-corrected chi connectivity index (χ3v) is 9.08. The smallest absolute Gasteiger partial charge is 0.311 e. The molecule has 6 rings (SSSR count). The van der Waals surface area contributed by atoms with Crippen LogP contribution in [0.2, 0.25) is 5.02 Å². The van der Waals surface area contributed by atoms with E-state index in [1.54, 1.807) is 0 Å². The number of aromatic nitrogens is 1. The largest absolute Gasteiger partial charge is 0.494 e. The van der Waals surface area contributed by atoms with Crippen molar-refractivity contribution in [2.75, 3.05) is 20.2 Å². The van der Waals surface area contributed by atoms with Crippen molar-refractivity contribution in [2.45, 2.75) is 56.9 Å². The molecule has 1 N–H and O–H groups in total. The van der Waals surface area contributed by atoms with Gasteiger partial charge in [0.05, 0.1) is 6.61 Å². The Morgan fingerprint density at radius 3 is 2.56 bits per heavy atom. The Bertz CT molecular complexity index is 1500. The highest BCUT2D eigenvalue weighted by Gasteiger charge is 2.34. The number of H-pyrrole nitrogens is 1. The summed E-state index contributed by atoms with van der Waals surface area (Å²) in [5.74, 6) is 0.931. The maximum Gasteiger partial charge on any atom is 0.311 e. The topological polar surface area (TPSA) is 54.6 Å². The van der Waals surface area contributed by atoms with Gasteiger partial charge in [0, 0.05) is 40.0 Å². The average Bonchev–Trinajstić information content (AvgIpc) is 3.55. The standard InChI is InChI=1S/C34H36ClFN2O3/c1-38-19-2-3-26(38)18-20-40-27-11-4-22(5-12-27)33-23(7-17-32(39)41-28-13-9-25(36)10-14-28)6-15-29-30-21-24(35)8-16-31(30)37-34(29)33/h4-5,8-14,16,21,23,26,33,37H,2-3,6-7,15,17-20H2,1H3. The van der Waals surface area contributed by atoms with Crippen LogP contribution in [0.3, 0.4) is 0 Å². The zero-order valence-electron chi connectivity index (χ0n) is 23.4. The molecule has 3 aromatic carbocycles. The molecule has 3 unspecified atom stereocenters. The summed E-state index contributed by atoms with van der Waals surface area (Å²) in [4.78, 5) is 18.8. The number of carbonyl (C=O) groups is 1. The lowest BCUT2D eigenvalue weighted by atomic mass is 9.72. The zero-order chi connectivity index (χ0) is 28.3. The average molecular weight is 575 g/mol. The fraction of sp³-hybridized carbons (Fsp3) is 0.382. The first-order valence-corrected chi connectivity index (χ1v) is 15.0. The van der Waals surface area contributed by atoms with Crippen LogP contribution >= 0.6 is 11.6 Å². The second kappa shape index (κ2) is 12.3. The van der Waals surface area contributed by atoms with Gasteiger partial charge in [0.15, 0.2) is 0 Å². The predicted molar refractivity (Wildman–Crippen MR) is 160 cm³/mol. The normalized spacial score (nSPS) is 20.7. The van der Waals surface area contributed by atoms with Crippen LogP contribution in [0.25, 0.3) is 10.9 Å². The molecule has 0 saturated carbocycles. The first kappa shape index (κ1) is 27.8. The Hall–Kier alpha value is -3.35. The molecule has 1 aliphatic heterocycles. The highest BCUT2D eigenvalue weighted by Crippen LogP contribution is 2.45. The summed E-state index contributed by atoms with van der Waals surface area (Å²) in [6.07, 6.45) is 6.40. The van der Waals surface area contributed by atoms with E-state index < -0.39 is 0 Å². The molecule has 0 radical (unpaired) electrons. The number of nitrogens with zero attached hydrogens (tertiary/aromatic N) is 1. The number of aromatic amines is 1. The van der Waals surface area contributed by atoms with Crippen LogP contribution in [-0.2, 0) is 11.2 Å². The summed E-state index contributed by atoms with van der Waals surface area (Å²) in [6, 6.07) is 20.6. The number of benzene rings is 3. The van der Waals surface area contributed by atoms with Gasteiger partial charge >= 0.3 is 5.97 Å². The van der Waals surface area contributed by atoms with Gasteiger partial charge in [-0.1, -0.05) is 23.7 Å². The van der Waals surface area contributed by atoms with Gasteiger partial charge in [-0.15, -0.1) is 0 Å². The number of carbonyl (C=O) groups excluding carboxylic acids is 1. The summed E-state index contributed by atoms with van der Waals surface area (Å²) in [5, 5.41) is 1.90. The maximum absolute atomic E-state index is 13.2. The first-order valence-electron chi connectivity index (χ1n) is 14.6. The van der Waals surface area contributed by atoms with Crippen molar-refractivity contribution in [1.29, 1.82) is 0 Å². The van der Waals surface area contributed by atoms with E-state index in [0.29, 0.717) is 24.8 Å². The molecule has 3 atom stereocenters. The number of esters is 1. The maximum atomic E-state index is 13.2. The van der Waals surface area contributed by atoms with Crippen molar-refractivity contribution >= 4 is 28.5 Å². The van der Waals surface area contributed by atoms with Crippen molar-refractivity contribution in [3.05, 3.63) is 94.4 Å². The highest BCUT2D eigenvalue weighted by molar-refractivity contribution is 6.31. The number of ether oxygens (including phenoxy) is 2. The van der Waals surface area contributed by atoms with Gasteiger partial charge in [-0.25, -0.2) is 4.39 Å². The molecule has 214 valence electrons. The van der Waals surface area contributed by atoms with E-state index in [1.165, 1.54) is 65.9 Å². The second-order valence-corrected chi connectivity index (χ2v) is 11.9. The van der Waals surface area contributed by atoms with Gasteiger partial charge in [0.25, 0.3) is 0 Å². The van der Waals surface area contributed by atoms with Crippen molar-refractivity contribution in [2.24, 2.45) is 5.92 Å². The molecule has 1 saturated heterocycles. The van der Waals surface area contributed by atoms with Crippen LogP contribution in [0.15, 0.2) is 66.7 Å². The SMILES string of the molecule is CN1CCCC1CCOc1ccc(C2c3[nH]c4ccc(Cl)cc4c3CCC2CCC(=O)Oc2ccc(F)cc2)cc1. The molecule has 1 fully saturated rings. The van der Waals surface area contributed by atoms with Gasteiger partial charge < -0.3 is 19.4 Å². The predicted octanol–water partition coefficient (Wildman–Crippen LogP) is 7.90. The Balaban J connectivity index is 1.19. The number of hydrogen-bond donors (Lipinski definition) is 1. The van der Waals surface area contributed by atoms with E-state index in [9.17, 15) is 9.18 Å². The molecule has 0 amide bonds. The van der Waals surface area contributed by atoms with Crippen LogP contribution < -0.4 is 9.47 Å². The van der Waals surface area contributed by atoms with Gasteiger partial charge in [0.2, 0.25) is 0 Å². The highest BCUT2D eigenvalue weighted by atomic mass is 35.5. The molecule has 7 heteroatoms. The number of rotatable bonds is 9. The third kappa shape index (κ3) is 6.29. The van der Waals surface area contributed by atoms with Gasteiger partial charge in [-0.3, -0.25) is 4.79 Å². The molecule has 41 heavy (non-hydrogen) atoms. The number of nitrogens with one attached hydrogen (secondary N) is 1. The third-order valence-electron chi connectivity index (χ3n) is 8.84. The van der Waals surface area contributed by atoms with Gasteiger partial charge in [0.1, 0.15) is 17.3 Å². The first-order chi connectivity index (χ1) is 19.9. The second-order valence-electron chi connectivity index (χ2n) is 11.4. The molecular weight excluding hydrogens is 539 g/mol. The van der Waals surface area contributed by atoms with Crippen molar-refractivity contribution in [3.8, 4) is 11.5 Å². The number of likely N-dealkylation sites (tertiary alicyclic amines) is 1. The number of halogens is 2. The number of hydrogen-bond acceptors (Lipinski definition) is 4. The molecule has 1 aromatic heterocycles. The van der Waals surface area contributed by atoms with Gasteiger partial charge in [-0.05, 0) is 124 Å². The van der Waals surface area contributed by atoms with Crippen LogP contribution in [0, 0.1) is 11.7 Å². The van der Waals surface area contributed by atoms with Crippen molar-refractivity contribution in [3.63, 3.8) is 0 Å². The monoisotopic (exact) mass is 574 g/mol. The lowest BCUT2D eigenvalue weighted by molar-refractivity contribution is -0.134. The molecule has 2 heterocycles. The Kier molecular flexibility index (Phi) is 8.31. The molecule has 2 aliphatic rings. The lowest BCUT2D eigenvalue weighted by Gasteiger charge is -2.32. The van der Waals surface area contributed by atoms with E-state index >= 15 is 0 Å². The van der Waals surface area contributed by atoms with Crippen LogP contribution in [0.1, 0.15) is 61.3 Å². The van der Waals surface area contributed by atoms with Gasteiger partial charge in [-0.2, -0.15) is 0 Å². The van der Waals surface area contributed by atoms with Crippen molar-refractivity contribution < 1.29 is 18.7 Å². The minimum absolute atomic E-state index is 0.102. The molecule has 0 bridgehead atoms. The molecule has 0 spiro atoms. The molecular formula is C34H36ClFN2O3. The zero-order valence-corrected chi connectivity index (χ0v) is 24.1. The summed E-state index contributed by atoms with van der Waals surface area (Å²) in [6.45, 7) is 1.89. The van der Waals surface area contributed by atoms with Crippen molar-refractivity contribution in [1.82, 2.24) is 9.88 Å². The number of aryl methyl sites for hydroxylation is 1. The summed E-state index contributed by atoms with van der Waals surface area (Å²) in [7, 11) is 2.20. The summed E-state index contributed by atoms with van der Waals surface area (Å²) >= 11 is 6.37. The Morgan fingerprint density at radius 2 is 1.80 bits per heavy atom. The summed E-state index contributed by atoms with van der Waals surface area (Å²) in [5.41, 5.74) is 4.78. The molecule has 5 nitrogen and oxygen atoms in total. The fourth-order valence-electron chi connectivity index (χ4n) is 6.67. The quantitative estimate of drug-likeness (QED) is 0.163. The van der Waals surface area contributed by atoms with E-state index in [2.05, 4.69) is 41.2 Å².